The Labute approximate surface area is 127 Å². The van der Waals surface area contributed by atoms with Crippen LogP contribution in [0.25, 0.3) is 0 Å². The third-order valence-electron chi connectivity index (χ3n) is 4.17. The van der Waals surface area contributed by atoms with Gasteiger partial charge in [-0.2, -0.15) is 5.10 Å². The van der Waals surface area contributed by atoms with Crippen LogP contribution in [0.2, 0.25) is 0 Å². The van der Waals surface area contributed by atoms with Crippen LogP contribution in [0.3, 0.4) is 0 Å². The molecule has 0 amide bonds. The molecular weight excluding hydrogens is 258 g/mol. The summed E-state index contributed by atoms with van der Waals surface area (Å²) in [6, 6.07) is 10.7. The van der Waals surface area contributed by atoms with Gasteiger partial charge < -0.3 is 5.32 Å². The molecule has 1 aromatic heterocycles. The molecule has 1 saturated carbocycles. The van der Waals surface area contributed by atoms with Crippen molar-refractivity contribution in [3.8, 4) is 0 Å². The molecule has 1 N–H and O–H groups in total. The zero-order valence-corrected chi connectivity index (χ0v) is 12.9. The number of aryl methyl sites for hydroxylation is 2. The number of nitrogens with zero attached hydrogens (tertiary/aromatic N) is 2. The van der Waals surface area contributed by atoms with E-state index in [-0.39, 0.29) is 0 Å². The van der Waals surface area contributed by atoms with Crippen LogP contribution in [0.1, 0.15) is 48.9 Å². The molecule has 3 rings (SSSR count). The van der Waals surface area contributed by atoms with E-state index < -0.39 is 0 Å². The molecule has 112 valence electrons. The Morgan fingerprint density at radius 2 is 2.05 bits per heavy atom. The van der Waals surface area contributed by atoms with Crippen LogP contribution in [0.15, 0.2) is 36.5 Å². The van der Waals surface area contributed by atoms with Gasteiger partial charge in [-0.15, -0.1) is 0 Å². The average molecular weight is 283 g/mol. The van der Waals surface area contributed by atoms with Gasteiger partial charge >= 0.3 is 0 Å². The Hall–Kier alpha value is -1.61. The molecule has 0 unspecified atom stereocenters. The van der Waals surface area contributed by atoms with E-state index in [0.717, 1.165) is 38.4 Å². The van der Waals surface area contributed by atoms with Crippen LogP contribution in [-0.4, -0.2) is 16.3 Å². The van der Waals surface area contributed by atoms with Crippen molar-refractivity contribution < 1.29 is 0 Å². The molecule has 0 atom stereocenters. The number of nitrogens with one attached hydrogen (secondary N) is 1. The summed E-state index contributed by atoms with van der Waals surface area (Å²) in [6.45, 7) is 5.16. The number of hydrogen-bond donors (Lipinski definition) is 1. The summed E-state index contributed by atoms with van der Waals surface area (Å²) < 4.78 is 2.26. The number of rotatable bonds is 8. The Bertz CT molecular complexity index is 555. The highest BCUT2D eigenvalue weighted by Gasteiger charge is 2.29. The minimum absolute atomic E-state index is 0.762. The van der Waals surface area contributed by atoms with E-state index in [0.29, 0.717) is 0 Å². The van der Waals surface area contributed by atoms with Gasteiger partial charge in [0.15, 0.2) is 0 Å². The van der Waals surface area contributed by atoms with Crippen LogP contribution >= 0.6 is 0 Å². The largest absolute Gasteiger partial charge is 0.313 e. The van der Waals surface area contributed by atoms with E-state index in [1.165, 1.54) is 29.7 Å². The highest BCUT2D eigenvalue weighted by Crippen LogP contribution is 2.41. The first kappa shape index (κ1) is 14.3. The monoisotopic (exact) mass is 283 g/mol. The standard InChI is InChI=1S/C18H25N3/c1-2-19-13-17-14-20-21(18(17)16-10-11-16)12-6-9-15-7-4-3-5-8-15/h3-5,7-8,14,16,19H,2,6,9-13H2,1H3. The molecule has 1 aliphatic carbocycles. The highest BCUT2D eigenvalue weighted by atomic mass is 15.3. The molecule has 0 saturated heterocycles. The molecule has 3 heteroatoms. The van der Waals surface area contributed by atoms with Crippen LogP contribution < -0.4 is 5.32 Å². The third-order valence-corrected chi connectivity index (χ3v) is 4.17. The van der Waals surface area contributed by atoms with Crippen LogP contribution in [0.4, 0.5) is 0 Å². The molecule has 3 nitrogen and oxygen atoms in total. The Kier molecular flexibility index (Phi) is 4.71. The summed E-state index contributed by atoms with van der Waals surface area (Å²) in [5.74, 6) is 0.762. The second kappa shape index (κ2) is 6.90. The summed E-state index contributed by atoms with van der Waals surface area (Å²) in [7, 11) is 0. The maximum Gasteiger partial charge on any atom is 0.0537 e. The maximum absolute atomic E-state index is 4.64. The van der Waals surface area contributed by atoms with Crippen molar-refractivity contribution in [1.29, 1.82) is 0 Å². The fraction of sp³-hybridized carbons (Fsp3) is 0.500. The first-order valence-corrected chi connectivity index (χ1v) is 8.17. The molecule has 0 spiro atoms. The van der Waals surface area contributed by atoms with Crippen LogP contribution in [0.5, 0.6) is 0 Å². The van der Waals surface area contributed by atoms with Crippen molar-refractivity contribution in [2.75, 3.05) is 6.54 Å². The molecule has 21 heavy (non-hydrogen) atoms. The smallest absolute Gasteiger partial charge is 0.0537 e. The lowest BCUT2D eigenvalue weighted by atomic mass is 10.1. The van der Waals surface area contributed by atoms with Gasteiger partial charge in [-0.25, -0.2) is 0 Å². The van der Waals surface area contributed by atoms with Gasteiger partial charge in [-0.05, 0) is 37.8 Å². The molecule has 0 aliphatic heterocycles. The molecular formula is C18H25N3. The van der Waals surface area contributed by atoms with Gasteiger partial charge in [-0.3, -0.25) is 4.68 Å². The number of hydrogen-bond acceptors (Lipinski definition) is 2. The van der Waals surface area contributed by atoms with Crippen molar-refractivity contribution in [1.82, 2.24) is 15.1 Å². The second-order valence-corrected chi connectivity index (χ2v) is 5.92. The predicted octanol–water partition coefficient (Wildman–Crippen LogP) is 3.50. The van der Waals surface area contributed by atoms with E-state index in [9.17, 15) is 0 Å². The van der Waals surface area contributed by atoms with Gasteiger partial charge in [0.05, 0.1) is 6.20 Å². The fourth-order valence-corrected chi connectivity index (χ4v) is 2.91. The topological polar surface area (TPSA) is 29.9 Å². The summed E-state index contributed by atoms with van der Waals surface area (Å²) in [4.78, 5) is 0. The first-order valence-electron chi connectivity index (χ1n) is 8.17. The molecule has 2 aromatic rings. The minimum Gasteiger partial charge on any atom is -0.313 e. The Morgan fingerprint density at radius 3 is 2.76 bits per heavy atom. The lowest BCUT2D eigenvalue weighted by Gasteiger charge is -2.09. The summed E-state index contributed by atoms with van der Waals surface area (Å²) in [5.41, 5.74) is 4.31. The summed E-state index contributed by atoms with van der Waals surface area (Å²) in [5, 5.41) is 8.07. The predicted molar refractivity (Wildman–Crippen MR) is 86.3 cm³/mol. The van der Waals surface area contributed by atoms with E-state index in [1.807, 2.05) is 0 Å². The maximum atomic E-state index is 4.64. The molecule has 1 aliphatic rings. The molecule has 1 heterocycles. The minimum atomic E-state index is 0.762. The highest BCUT2D eigenvalue weighted by molar-refractivity contribution is 5.25. The zero-order valence-electron chi connectivity index (χ0n) is 12.9. The van der Waals surface area contributed by atoms with E-state index >= 15 is 0 Å². The van der Waals surface area contributed by atoms with Crippen LogP contribution in [0, 0.1) is 0 Å². The zero-order chi connectivity index (χ0) is 14.5. The quantitative estimate of drug-likeness (QED) is 0.803. The number of aromatic nitrogens is 2. The average Bonchev–Trinajstić information content (AvgIpc) is 3.28. The van der Waals surface area contributed by atoms with Gasteiger partial charge in [0.1, 0.15) is 0 Å². The normalized spacial score (nSPS) is 14.5. The van der Waals surface area contributed by atoms with Crippen molar-refractivity contribution >= 4 is 0 Å². The SMILES string of the molecule is CCNCc1cnn(CCCc2ccccc2)c1C1CC1. The lowest BCUT2D eigenvalue weighted by molar-refractivity contribution is 0.552. The lowest BCUT2D eigenvalue weighted by Crippen LogP contribution is -2.13. The van der Waals surface area contributed by atoms with E-state index in [2.05, 4.69) is 58.5 Å². The van der Waals surface area contributed by atoms with E-state index in [1.54, 1.807) is 0 Å². The van der Waals surface area contributed by atoms with Gasteiger partial charge in [0.25, 0.3) is 0 Å². The number of benzene rings is 1. The van der Waals surface area contributed by atoms with Gasteiger partial charge in [-0.1, -0.05) is 37.3 Å². The molecule has 1 aromatic carbocycles. The molecule has 1 fully saturated rings. The first-order chi connectivity index (χ1) is 10.4. The Morgan fingerprint density at radius 1 is 1.24 bits per heavy atom. The second-order valence-electron chi connectivity index (χ2n) is 5.92. The fourth-order valence-electron chi connectivity index (χ4n) is 2.91. The third kappa shape index (κ3) is 3.73. The summed E-state index contributed by atoms with van der Waals surface area (Å²) >= 11 is 0. The van der Waals surface area contributed by atoms with E-state index in [4.69, 9.17) is 0 Å². The molecule has 0 radical (unpaired) electrons. The van der Waals surface area contributed by atoms with Gasteiger partial charge in [0.2, 0.25) is 0 Å². The van der Waals surface area contributed by atoms with Crippen molar-refractivity contribution in [3.63, 3.8) is 0 Å². The van der Waals surface area contributed by atoms with Crippen molar-refractivity contribution in [2.24, 2.45) is 0 Å². The Balaban J connectivity index is 1.61. The molecule has 0 bridgehead atoms. The summed E-state index contributed by atoms with van der Waals surface area (Å²) in [6.07, 6.45) is 7.03. The van der Waals surface area contributed by atoms with Gasteiger partial charge in [0, 0.05) is 30.3 Å². The van der Waals surface area contributed by atoms with Crippen LogP contribution in [-0.2, 0) is 19.5 Å². The van der Waals surface area contributed by atoms with Crippen molar-refractivity contribution in [3.05, 3.63) is 53.3 Å². The van der Waals surface area contributed by atoms with Crippen molar-refractivity contribution in [2.45, 2.75) is 51.6 Å².